The smallest absolute Gasteiger partial charge is 0.240 e. The topological polar surface area (TPSA) is 58.4 Å². The molecule has 1 saturated carbocycles. The number of likely N-dealkylation sites (N-methyl/N-ethyl adjacent to an activating group) is 1. The average molecular weight is 348 g/mol. The maximum Gasteiger partial charge on any atom is 0.240 e. The number of nitrogens with zero attached hydrogens (tertiary/aromatic N) is 1. The Morgan fingerprint density at radius 3 is 2.23 bits per heavy atom. The Bertz CT molecular complexity index is 448. The normalized spacial score (nSPS) is 16.2. The van der Waals surface area contributed by atoms with Gasteiger partial charge in [-0.1, -0.05) is 44.2 Å². The molecule has 1 aromatic carbocycles. The van der Waals surface area contributed by atoms with Crippen molar-refractivity contribution in [3.05, 3.63) is 35.9 Å². The van der Waals surface area contributed by atoms with Crippen molar-refractivity contribution in [3.8, 4) is 0 Å². The van der Waals surface area contributed by atoms with Gasteiger partial charge in [0.05, 0.1) is 11.6 Å². The maximum absolute atomic E-state index is 12.0. The van der Waals surface area contributed by atoms with Crippen LogP contribution in [0.15, 0.2) is 30.3 Å². The second-order valence-corrected chi connectivity index (χ2v) is 5.51. The number of hydrogen-bond acceptors (Lipinski definition) is 3. The van der Waals surface area contributed by atoms with Crippen molar-refractivity contribution >= 4 is 30.7 Å². The van der Waals surface area contributed by atoms with Crippen LogP contribution in [-0.2, 0) is 4.79 Å². The molecule has 126 valence electrons. The summed E-state index contributed by atoms with van der Waals surface area (Å²) < 4.78 is 0. The van der Waals surface area contributed by atoms with Crippen molar-refractivity contribution in [2.75, 3.05) is 19.6 Å². The highest BCUT2D eigenvalue weighted by Crippen LogP contribution is 2.32. The van der Waals surface area contributed by atoms with Crippen molar-refractivity contribution in [2.24, 2.45) is 5.73 Å². The van der Waals surface area contributed by atoms with E-state index in [0.29, 0.717) is 6.54 Å². The van der Waals surface area contributed by atoms with Gasteiger partial charge >= 0.3 is 0 Å². The lowest BCUT2D eigenvalue weighted by Crippen LogP contribution is -2.46. The van der Waals surface area contributed by atoms with E-state index in [1.807, 2.05) is 18.2 Å². The van der Waals surface area contributed by atoms with Gasteiger partial charge in [-0.15, -0.1) is 24.8 Å². The largest absolute Gasteiger partial charge is 0.353 e. The first-order valence-electron chi connectivity index (χ1n) is 7.47. The third-order valence-corrected chi connectivity index (χ3v) is 4.13. The van der Waals surface area contributed by atoms with Gasteiger partial charge < -0.3 is 11.1 Å². The molecule has 0 spiro atoms. The molecule has 3 N–H and O–H groups in total. The van der Waals surface area contributed by atoms with E-state index in [1.54, 1.807) is 0 Å². The fourth-order valence-corrected chi connectivity index (χ4v) is 2.52. The van der Waals surface area contributed by atoms with Crippen LogP contribution < -0.4 is 11.1 Å². The number of benzene rings is 1. The van der Waals surface area contributed by atoms with Gasteiger partial charge in [-0.2, -0.15) is 0 Å². The molecule has 1 aromatic rings. The van der Waals surface area contributed by atoms with Crippen LogP contribution >= 0.6 is 24.8 Å². The molecular weight excluding hydrogens is 321 g/mol. The lowest BCUT2D eigenvalue weighted by molar-refractivity contribution is -0.123. The van der Waals surface area contributed by atoms with E-state index in [2.05, 4.69) is 36.2 Å². The Morgan fingerprint density at radius 2 is 1.77 bits per heavy atom. The standard InChI is InChI=1S/C16H25N3O.2ClH/c1-3-19(4-2)14(13-8-6-5-7-9-13)12-18-15(20)16(17)10-11-16;;/h5-9,14H,3-4,10-12,17H2,1-2H3,(H,18,20);2*1H. The predicted molar refractivity (Wildman–Crippen MR) is 95.8 cm³/mol. The highest BCUT2D eigenvalue weighted by atomic mass is 35.5. The quantitative estimate of drug-likeness (QED) is 0.796. The number of amides is 1. The van der Waals surface area contributed by atoms with Gasteiger partial charge in [0.2, 0.25) is 5.91 Å². The lowest BCUT2D eigenvalue weighted by atomic mass is 10.0. The monoisotopic (exact) mass is 347 g/mol. The van der Waals surface area contributed by atoms with Crippen LogP contribution in [0, 0.1) is 0 Å². The molecule has 1 unspecified atom stereocenters. The molecule has 2 rings (SSSR count). The number of carbonyl (C=O) groups excluding carboxylic acids is 1. The van der Waals surface area contributed by atoms with Crippen molar-refractivity contribution < 1.29 is 4.79 Å². The molecule has 1 fully saturated rings. The van der Waals surface area contributed by atoms with Crippen LogP contribution in [0.25, 0.3) is 0 Å². The zero-order chi connectivity index (χ0) is 14.6. The summed E-state index contributed by atoms with van der Waals surface area (Å²) in [4.78, 5) is 14.4. The maximum atomic E-state index is 12.0. The number of nitrogens with two attached hydrogens (primary N) is 1. The molecule has 22 heavy (non-hydrogen) atoms. The Morgan fingerprint density at radius 1 is 1.23 bits per heavy atom. The fourth-order valence-electron chi connectivity index (χ4n) is 2.52. The van der Waals surface area contributed by atoms with Gasteiger partial charge in [-0.05, 0) is 31.5 Å². The molecule has 4 nitrogen and oxygen atoms in total. The minimum Gasteiger partial charge on any atom is -0.353 e. The molecule has 0 aliphatic heterocycles. The lowest BCUT2D eigenvalue weighted by Gasteiger charge is -2.30. The predicted octanol–water partition coefficient (Wildman–Crippen LogP) is 2.52. The van der Waals surface area contributed by atoms with Gasteiger partial charge in [-0.3, -0.25) is 9.69 Å². The van der Waals surface area contributed by atoms with Crippen LogP contribution in [0.2, 0.25) is 0 Å². The Hall–Kier alpha value is -0.810. The number of halogens is 2. The highest BCUT2D eigenvalue weighted by molar-refractivity contribution is 5.89. The summed E-state index contributed by atoms with van der Waals surface area (Å²) in [6.07, 6.45) is 1.61. The summed E-state index contributed by atoms with van der Waals surface area (Å²) in [7, 11) is 0. The van der Waals surface area contributed by atoms with Crippen LogP contribution in [0.4, 0.5) is 0 Å². The third-order valence-electron chi connectivity index (χ3n) is 4.13. The van der Waals surface area contributed by atoms with Crippen LogP contribution in [0.5, 0.6) is 0 Å². The first-order valence-corrected chi connectivity index (χ1v) is 7.47. The minimum absolute atomic E-state index is 0. The second-order valence-electron chi connectivity index (χ2n) is 5.51. The Kier molecular flexibility index (Phi) is 9.01. The van der Waals surface area contributed by atoms with E-state index in [-0.39, 0.29) is 36.8 Å². The first-order chi connectivity index (χ1) is 9.60. The number of rotatable bonds is 7. The van der Waals surface area contributed by atoms with Gasteiger partial charge in [0, 0.05) is 6.54 Å². The minimum atomic E-state index is -0.593. The van der Waals surface area contributed by atoms with E-state index in [9.17, 15) is 4.79 Å². The van der Waals surface area contributed by atoms with Gasteiger partial charge in [0.15, 0.2) is 0 Å². The summed E-state index contributed by atoms with van der Waals surface area (Å²) >= 11 is 0. The van der Waals surface area contributed by atoms with Crippen molar-refractivity contribution in [1.29, 1.82) is 0 Å². The van der Waals surface area contributed by atoms with E-state index >= 15 is 0 Å². The Labute approximate surface area is 145 Å². The molecule has 1 atom stereocenters. The molecular formula is C16H27Cl2N3O. The summed E-state index contributed by atoms with van der Waals surface area (Å²) in [6, 6.07) is 10.5. The fraction of sp³-hybridized carbons (Fsp3) is 0.562. The van der Waals surface area contributed by atoms with E-state index in [1.165, 1.54) is 5.56 Å². The van der Waals surface area contributed by atoms with Crippen molar-refractivity contribution in [3.63, 3.8) is 0 Å². The molecule has 0 radical (unpaired) electrons. The molecule has 1 amide bonds. The number of carbonyl (C=O) groups is 1. The summed E-state index contributed by atoms with van der Waals surface area (Å²) in [6.45, 7) is 6.82. The zero-order valence-corrected chi connectivity index (χ0v) is 14.9. The third kappa shape index (κ3) is 5.13. The highest BCUT2D eigenvalue weighted by Gasteiger charge is 2.45. The zero-order valence-electron chi connectivity index (χ0n) is 13.2. The first kappa shape index (κ1) is 21.2. The van der Waals surface area contributed by atoms with Gasteiger partial charge in [-0.25, -0.2) is 0 Å². The second kappa shape index (κ2) is 9.36. The van der Waals surface area contributed by atoms with Crippen LogP contribution in [0.3, 0.4) is 0 Å². The number of nitrogens with one attached hydrogen (secondary N) is 1. The molecule has 1 aliphatic rings. The molecule has 6 heteroatoms. The van der Waals surface area contributed by atoms with Crippen molar-refractivity contribution in [1.82, 2.24) is 10.2 Å². The van der Waals surface area contributed by atoms with Gasteiger partial charge in [0.1, 0.15) is 0 Å². The molecule has 1 aliphatic carbocycles. The summed E-state index contributed by atoms with van der Waals surface area (Å²) in [5, 5.41) is 3.03. The molecule has 0 aromatic heterocycles. The van der Waals surface area contributed by atoms with E-state index < -0.39 is 5.54 Å². The van der Waals surface area contributed by atoms with Gasteiger partial charge in [0.25, 0.3) is 0 Å². The van der Waals surface area contributed by atoms with E-state index in [4.69, 9.17) is 5.73 Å². The molecule has 0 heterocycles. The Balaban J connectivity index is 0.00000220. The van der Waals surface area contributed by atoms with Crippen LogP contribution in [0.1, 0.15) is 38.3 Å². The SMILES string of the molecule is CCN(CC)C(CNC(=O)C1(N)CC1)c1ccccc1.Cl.Cl. The molecule has 0 bridgehead atoms. The van der Waals surface area contributed by atoms with Crippen LogP contribution in [-0.4, -0.2) is 36.0 Å². The number of hydrogen-bond donors (Lipinski definition) is 2. The van der Waals surface area contributed by atoms with E-state index in [0.717, 1.165) is 25.9 Å². The molecule has 0 saturated heterocycles. The summed E-state index contributed by atoms with van der Waals surface area (Å²) in [5.74, 6) is -0.00872. The average Bonchev–Trinajstić information content (AvgIpc) is 3.23. The van der Waals surface area contributed by atoms with Crippen molar-refractivity contribution in [2.45, 2.75) is 38.3 Å². The summed E-state index contributed by atoms with van der Waals surface area (Å²) in [5.41, 5.74) is 6.57.